The Bertz CT molecular complexity index is 491. The van der Waals surface area contributed by atoms with Crippen LogP contribution >= 0.6 is 0 Å². The lowest BCUT2D eigenvalue weighted by Gasteiger charge is -1.98. The fourth-order valence-corrected chi connectivity index (χ4v) is 1.55. The summed E-state index contributed by atoms with van der Waals surface area (Å²) in [5.41, 5.74) is 1.55. The van der Waals surface area contributed by atoms with Crippen molar-refractivity contribution in [1.29, 1.82) is 0 Å². The summed E-state index contributed by atoms with van der Waals surface area (Å²) in [4.78, 5) is 18.5. The Labute approximate surface area is 99.7 Å². The molecular weight excluding hydrogens is 216 g/mol. The number of hydrogen-bond donors (Lipinski definition) is 1. The number of aromatic nitrogens is 2. The van der Waals surface area contributed by atoms with Crippen LogP contribution in [0.1, 0.15) is 28.8 Å². The van der Waals surface area contributed by atoms with Crippen molar-refractivity contribution in [3.63, 3.8) is 0 Å². The summed E-state index contributed by atoms with van der Waals surface area (Å²) in [5.74, 6) is 0.401. The monoisotopic (exact) mass is 230 g/mol. The van der Waals surface area contributed by atoms with Crippen LogP contribution in [0.2, 0.25) is 0 Å². The summed E-state index contributed by atoms with van der Waals surface area (Å²) in [6.07, 6.45) is 2.19. The Balaban J connectivity index is 2.06. The highest BCUT2D eigenvalue weighted by Crippen LogP contribution is 2.07. The summed E-state index contributed by atoms with van der Waals surface area (Å²) >= 11 is 0. The molecule has 2 aromatic rings. The van der Waals surface area contributed by atoms with Gasteiger partial charge in [-0.2, -0.15) is 0 Å². The molecule has 1 aromatic heterocycles. The maximum Gasteiger partial charge on any atom is 0.356 e. The first-order chi connectivity index (χ1) is 8.29. The molecule has 1 N–H and O–H groups in total. The van der Waals surface area contributed by atoms with Crippen molar-refractivity contribution >= 4 is 5.97 Å². The number of imidazole rings is 1. The number of esters is 1. The van der Waals surface area contributed by atoms with Gasteiger partial charge in [0.2, 0.25) is 0 Å². The van der Waals surface area contributed by atoms with Crippen molar-refractivity contribution in [3.05, 3.63) is 53.6 Å². The Morgan fingerprint density at radius 2 is 2.12 bits per heavy atom. The topological polar surface area (TPSA) is 55.0 Å². The van der Waals surface area contributed by atoms with Crippen LogP contribution in [0, 0.1) is 0 Å². The minimum atomic E-state index is -0.362. The number of carbonyl (C=O) groups excluding carboxylic acids is 1. The summed E-state index contributed by atoms with van der Waals surface area (Å²) in [7, 11) is 0. The van der Waals surface area contributed by atoms with E-state index >= 15 is 0 Å². The molecule has 0 amide bonds. The van der Waals surface area contributed by atoms with E-state index < -0.39 is 0 Å². The Morgan fingerprint density at radius 3 is 2.82 bits per heavy atom. The minimum Gasteiger partial charge on any atom is -0.461 e. The average molecular weight is 230 g/mol. The van der Waals surface area contributed by atoms with Gasteiger partial charge in [-0.1, -0.05) is 30.3 Å². The van der Waals surface area contributed by atoms with E-state index in [1.165, 1.54) is 6.20 Å². The highest BCUT2D eigenvalue weighted by molar-refractivity contribution is 5.86. The van der Waals surface area contributed by atoms with Gasteiger partial charge in [0.25, 0.3) is 0 Å². The molecule has 1 heterocycles. The first-order valence-electron chi connectivity index (χ1n) is 5.54. The standard InChI is InChI=1S/C13H14N2O2/c1-2-17-13(16)11-9-14-12(15-11)8-10-6-4-3-5-7-10/h3-7,9H,2,8H2,1H3,(H,14,15). The lowest BCUT2D eigenvalue weighted by Crippen LogP contribution is -2.05. The van der Waals surface area contributed by atoms with E-state index in [9.17, 15) is 4.79 Å². The molecule has 1 aromatic carbocycles. The van der Waals surface area contributed by atoms with Gasteiger partial charge in [-0.25, -0.2) is 9.78 Å². The van der Waals surface area contributed by atoms with Crippen LogP contribution in [-0.4, -0.2) is 22.5 Å². The maximum absolute atomic E-state index is 11.4. The highest BCUT2D eigenvalue weighted by atomic mass is 16.5. The molecule has 17 heavy (non-hydrogen) atoms. The Morgan fingerprint density at radius 1 is 1.35 bits per heavy atom. The number of nitrogens with zero attached hydrogens (tertiary/aromatic N) is 1. The molecule has 0 aliphatic carbocycles. The fourth-order valence-electron chi connectivity index (χ4n) is 1.55. The molecule has 0 radical (unpaired) electrons. The summed E-state index contributed by atoms with van der Waals surface area (Å²) in [6.45, 7) is 2.14. The zero-order chi connectivity index (χ0) is 12.1. The van der Waals surface area contributed by atoms with Gasteiger partial charge < -0.3 is 9.72 Å². The molecule has 2 rings (SSSR count). The predicted octanol–water partition coefficient (Wildman–Crippen LogP) is 2.18. The molecule has 0 unspecified atom stereocenters. The number of nitrogens with one attached hydrogen (secondary N) is 1. The number of H-pyrrole nitrogens is 1. The number of carbonyl (C=O) groups is 1. The van der Waals surface area contributed by atoms with Crippen LogP contribution in [0.15, 0.2) is 36.5 Å². The van der Waals surface area contributed by atoms with Crippen molar-refractivity contribution in [2.24, 2.45) is 0 Å². The van der Waals surface area contributed by atoms with Gasteiger partial charge in [0.15, 0.2) is 0 Å². The SMILES string of the molecule is CCOC(=O)c1cnc(Cc2ccccc2)[nH]1. The number of rotatable bonds is 4. The third-order valence-corrected chi connectivity index (χ3v) is 2.34. The molecule has 0 atom stereocenters. The normalized spacial score (nSPS) is 10.2. The lowest BCUT2D eigenvalue weighted by atomic mass is 10.1. The second-order valence-corrected chi connectivity index (χ2v) is 3.63. The summed E-state index contributed by atoms with van der Waals surface area (Å²) in [6, 6.07) is 9.96. The number of benzene rings is 1. The van der Waals surface area contributed by atoms with Crippen LogP contribution in [0.4, 0.5) is 0 Å². The second-order valence-electron chi connectivity index (χ2n) is 3.63. The third kappa shape index (κ3) is 2.93. The number of aromatic amines is 1. The van der Waals surface area contributed by atoms with Crippen LogP contribution in [0.25, 0.3) is 0 Å². The third-order valence-electron chi connectivity index (χ3n) is 2.34. The van der Waals surface area contributed by atoms with Gasteiger partial charge in [0.05, 0.1) is 12.8 Å². The molecular formula is C13H14N2O2. The second kappa shape index (κ2) is 5.30. The Hall–Kier alpha value is -2.10. The van der Waals surface area contributed by atoms with Gasteiger partial charge in [-0.15, -0.1) is 0 Å². The molecule has 0 bridgehead atoms. The van der Waals surface area contributed by atoms with Crippen molar-refractivity contribution < 1.29 is 9.53 Å². The minimum absolute atomic E-state index is 0.362. The largest absolute Gasteiger partial charge is 0.461 e. The van der Waals surface area contributed by atoms with Crippen molar-refractivity contribution in [3.8, 4) is 0 Å². The lowest BCUT2D eigenvalue weighted by molar-refractivity contribution is 0.0520. The molecule has 88 valence electrons. The van der Waals surface area contributed by atoms with Gasteiger partial charge in [0, 0.05) is 6.42 Å². The first-order valence-corrected chi connectivity index (χ1v) is 5.54. The maximum atomic E-state index is 11.4. The molecule has 0 saturated carbocycles. The first kappa shape index (κ1) is 11.4. The molecule has 0 fully saturated rings. The highest BCUT2D eigenvalue weighted by Gasteiger charge is 2.10. The van der Waals surface area contributed by atoms with Crippen LogP contribution in [0.3, 0.4) is 0 Å². The van der Waals surface area contributed by atoms with Gasteiger partial charge >= 0.3 is 5.97 Å². The van der Waals surface area contributed by atoms with E-state index in [-0.39, 0.29) is 5.97 Å². The van der Waals surface area contributed by atoms with E-state index in [0.717, 1.165) is 11.4 Å². The molecule has 4 heteroatoms. The van der Waals surface area contributed by atoms with E-state index in [1.54, 1.807) is 6.92 Å². The van der Waals surface area contributed by atoms with Crippen molar-refractivity contribution in [1.82, 2.24) is 9.97 Å². The van der Waals surface area contributed by atoms with Gasteiger partial charge in [-0.05, 0) is 12.5 Å². The number of hydrogen-bond acceptors (Lipinski definition) is 3. The molecule has 0 aliphatic heterocycles. The summed E-state index contributed by atoms with van der Waals surface area (Å²) in [5, 5.41) is 0. The van der Waals surface area contributed by atoms with Crippen molar-refractivity contribution in [2.45, 2.75) is 13.3 Å². The zero-order valence-corrected chi connectivity index (χ0v) is 9.64. The van der Waals surface area contributed by atoms with Crippen LogP contribution < -0.4 is 0 Å². The predicted molar refractivity (Wildman–Crippen MR) is 63.8 cm³/mol. The van der Waals surface area contributed by atoms with Gasteiger partial charge in [0.1, 0.15) is 11.5 Å². The van der Waals surface area contributed by atoms with E-state index in [0.29, 0.717) is 18.7 Å². The van der Waals surface area contributed by atoms with E-state index in [2.05, 4.69) is 9.97 Å². The van der Waals surface area contributed by atoms with E-state index in [1.807, 2.05) is 30.3 Å². The average Bonchev–Trinajstić information content (AvgIpc) is 2.79. The van der Waals surface area contributed by atoms with E-state index in [4.69, 9.17) is 4.74 Å². The fraction of sp³-hybridized carbons (Fsp3) is 0.231. The Kier molecular flexibility index (Phi) is 3.55. The molecule has 4 nitrogen and oxygen atoms in total. The zero-order valence-electron chi connectivity index (χ0n) is 9.64. The number of ether oxygens (including phenoxy) is 1. The quantitative estimate of drug-likeness (QED) is 0.819. The molecule has 0 saturated heterocycles. The van der Waals surface area contributed by atoms with Crippen LogP contribution in [-0.2, 0) is 11.2 Å². The van der Waals surface area contributed by atoms with Crippen molar-refractivity contribution in [2.75, 3.05) is 6.61 Å². The molecule has 0 aliphatic rings. The summed E-state index contributed by atoms with van der Waals surface area (Å²) < 4.78 is 4.88. The smallest absolute Gasteiger partial charge is 0.356 e. The molecule has 0 spiro atoms. The van der Waals surface area contributed by atoms with Gasteiger partial charge in [-0.3, -0.25) is 0 Å². The van der Waals surface area contributed by atoms with Crippen LogP contribution in [0.5, 0.6) is 0 Å².